The van der Waals surface area contributed by atoms with Gasteiger partial charge in [-0.2, -0.15) is 0 Å². The molecule has 2 fully saturated rings. The van der Waals surface area contributed by atoms with Gasteiger partial charge in [-0.1, -0.05) is 0 Å². The monoisotopic (exact) mass is 416 g/mol. The molecule has 2 saturated heterocycles. The molecule has 7 heteroatoms. The average molecular weight is 416 g/mol. The van der Waals surface area contributed by atoms with E-state index in [4.69, 9.17) is 9.15 Å². The topological polar surface area (TPSA) is 66.2 Å². The van der Waals surface area contributed by atoms with Crippen molar-refractivity contribution in [3.05, 3.63) is 48.0 Å². The third kappa shape index (κ3) is 4.02. The second-order valence-corrected chi connectivity index (χ2v) is 8.98. The highest BCUT2D eigenvalue weighted by Crippen LogP contribution is 2.40. The Bertz CT molecular complexity index is 898. The van der Waals surface area contributed by atoms with Gasteiger partial charge in [0.2, 0.25) is 0 Å². The van der Waals surface area contributed by atoms with E-state index in [0.29, 0.717) is 25.5 Å². The molecule has 30 heavy (non-hydrogen) atoms. The molecule has 3 heterocycles. The van der Waals surface area contributed by atoms with Crippen molar-refractivity contribution in [1.82, 2.24) is 9.80 Å². The van der Waals surface area contributed by atoms with Gasteiger partial charge in [0.25, 0.3) is 5.91 Å². The molecule has 2 aromatic rings. The van der Waals surface area contributed by atoms with Crippen LogP contribution in [0.15, 0.2) is 40.8 Å². The van der Waals surface area contributed by atoms with Crippen molar-refractivity contribution in [3.63, 3.8) is 0 Å². The lowest BCUT2D eigenvalue weighted by Gasteiger charge is -2.52. The van der Waals surface area contributed by atoms with Crippen LogP contribution in [0.3, 0.4) is 0 Å². The van der Waals surface area contributed by atoms with Crippen molar-refractivity contribution in [3.8, 4) is 11.3 Å². The first kappa shape index (κ1) is 21.0. The Hall–Kier alpha value is -2.22. The van der Waals surface area contributed by atoms with Crippen LogP contribution in [0.25, 0.3) is 11.3 Å². The smallest absolute Gasteiger partial charge is 0.289 e. The lowest BCUT2D eigenvalue weighted by atomic mass is 9.77. The number of piperidine rings is 1. The van der Waals surface area contributed by atoms with Gasteiger partial charge in [0.05, 0.1) is 12.2 Å². The molecule has 2 aliphatic heterocycles. The zero-order valence-corrected chi connectivity index (χ0v) is 17.7. The molecule has 1 amide bonds. The van der Waals surface area contributed by atoms with E-state index in [2.05, 4.69) is 4.90 Å². The molecular formula is C23H29FN2O4. The zero-order valence-electron chi connectivity index (χ0n) is 17.7. The third-order valence-corrected chi connectivity index (χ3v) is 6.48. The van der Waals surface area contributed by atoms with E-state index in [0.717, 1.165) is 24.8 Å². The van der Waals surface area contributed by atoms with Crippen molar-refractivity contribution in [1.29, 1.82) is 0 Å². The van der Waals surface area contributed by atoms with E-state index in [-0.39, 0.29) is 29.1 Å². The normalized spacial score (nSPS) is 26.3. The number of amides is 1. The Balaban J connectivity index is 1.41. The minimum atomic E-state index is -0.882. The van der Waals surface area contributed by atoms with Gasteiger partial charge >= 0.3 is 0 Å². The molecule has 0 saturated carbocycles. The van der Waals surface area contributed by atoms with Crippen molar-refractivity contribution in [2.75, 3.05) is 33.8 Å². The number of likely N-dealkylation sites (tertiary alicyclic amines) is 1. The Morgan fingerprint density at radius 2 is 1.83 bits per heavy atom. The fraction of sp³-hybridized carbons (Fsp3) is 0.522. The van der Waals surface area contributed by atoms with E-state index >= 15 is 0 Å². The van der Waals surface area contributed by atoms with E-state index in [1.807, 2.05) is 21.0 Å². The molecule has 2 aliphatic rings. The van der Waals surface area contributed by atoms with Crippen LogP contribution in [0, 0.1) is 5.82 Å². The minimum Gasteiger partial charge on any atom is -0.451 e. The summed E-state index contributed by atoms with van der Waals surface area (Å²) in [6, 6.07) is 9.41. The molecule has 0 unspecified atom stereocenters. The number of likely N-dealkylation sites (N-methyl/N-ethyl adjacent to an activating group) is 1. The molecule has 0 radical (unpaired) electrons. The predicted octanol–water partition coefficient (Wildman–Crippen LogP) is 3.16. The molecule has 1 N–H and O–H groups in total. The maximum Gasteiger partial charge on any atom is 0.289 e. The van der Waals surface area contributed by atoms with Crippen LogP contribution in [0.2, 0.25) is 0 Å². The second kappa shape index (κ2) is 7.80. The maximum absolute atomic E-state index is 13.1. The number of rotatable bonds is 3. The van der Waals surface area contributed by atoms with Gasteiger partial charge in [0.1, 0.15) is 17.2 Å². The molecule has 4 rings (SSSR count). The van der Waals surface area contributed by atoms with Gasteiger partial charge in [-0.15, -0.1) is 0 Å². The first-order valence-electron chi connectivity index (χ1n) is 10.4. The first-order valence-corrected chi connectivity index (χ1v) is 10.4. The number of carbonyl (C=O) groups excluding carboxylic acids is 1. The number of benzene rings is 1. The van der Waals surface area contributed by atoms with E-state index in [1.54, 1.807) is 29.2 Å². The van der Waals surface area contributed by atoms with Crippen molar-refractivity contribution in [2.24, 2.45) is 0 Å². The summed E-state index contributed by atoms with van der Waals surface area (Å²) >= 11 is 0. The first-order chi connectivity index (χ1) is 14.2. The lowest BCUT2D eigenvalue weighted by Crippen LogP contribution is -2.62. The van der Waals surface area contributed by atoms with Gasteiger partial charge in [-0.05, 0) is 76.7 Å². The SMILES string of the molecule is CN(C)[C@H]1CC2(CCN(C(=O)c3ccc(-c4ccc(F)cc4)o3)CC2)OC[C@]1(C)O. The zero-order chi connectivity index (χ0) is 21.5. The van der Waals surface area contributed by atoms with Crippen LogP contribution in [0.4, 0.5) is 4.39 Å². The van der Waals surface area contributed by atoms with Crippen LogP contribution in [-0.4, -0.2) is 71.8 Å². The number of hydrogen-bond acceptors (Lipinski definition) is 5. The quantitative estimate of drug-likeness (QED) is 0.833. The number of furan rings is 1. The van der Waals surface area contributed by atoms with Crippen LogP contribution >= 0.6 is 0 Å². The van der Waals surface area contributed by atoms with Gasteiger partial charge in [-0.3, -0.25) is 4.79 Å². The van der Waals surface area contributed by atoms with Gasteiger partial charge in [-0.25, -0.2) is 4.39 Å². The van der Waals surface area contributed by atoms with E-state index in [1.165, 1.54) is 12.1 Å². The molecule has 1 spiro atoms. The van der Waals surface area contributed by atoms with E-state index < -0.39 is 5.60 Å². The maximum atomic E-state index is 13.1. The van der Waals surface area contributed by atoms with Crippen molar-refractivity contribution >= 4 is 5.91 Å². The summed E-state index contributed by atoms with van der Waals surface area (Å²) in [5.74, 6) is 0.361. The number of halogens is 1. The number of carbonyl (C=O) groups is 1. The van der Waals surface area contributed by atoms with Crippen LogP contribution in [0.1, 0.15) is 36.7 Å². The molecule has 1 aromatic carbocycles. The molecular weight excluding hydrogens is 387 g/mol. The summed E-state index contributed by atoms with van der Waals surface area (Å²) in [7, 11) is 3.96. The third-order valence-electron chi connectivity index (χ3n) is 6.48. The number of nitrogens with zero attached hydrogens (tertiary/aromatic N) is 2. The van der Waals surface area contributed by atoms with Crippen molar-refractivity contribution < 1.29 is 23.4 Å². The summed E-state index contributed by atoms with van der Waals surface area (Å²) in [6.45, 7) is 3.27. The molecule has 2 atom stereocenters. The molecule has 0 aliphatic carbocycles. The summed E-state index contributed by atoms with van der Waals surface area (Å²) in [5.41, 5.74) is -0.464. The summed E-state index contributed by atoms with van der Waals surface area (Å²) in [4.78, 5) is 16.8. The highest BCUT2D eigenvalue weighted by atomic mass is 19.1. The van der Waals surface area contributed by atoms with E-state index in [9.17, 15) is 14.3 Å². The fourth-order valence-corrected chi connectivity index (χ4v) is 4.61. The minimum absolute atomic E-state index is 0.0110. The molecule has 6 nitrogen and oxygen atoms in total. The summed E-state index contributed by atoms with van der Waals surface area (Å²) < 4.78 is 25.0. The Morgan fingerprint density at radius 1 is 1.17 bits per heavy atom. The van der Waals surface area contributed by atoms with Crippen LogP contribution in [-0.2, 0) is 4.74 Å². The van der Waals surface area contributed by atoms with Crippen LogP contribution in [0.5, 0.6) is 0 Å². The Morgan fingerprint density at radius 3 is 2.47 bits per heavy atom. The summed E-state index contributed by atoms with van der Waals surface area (Å²) in [5, 5.41) is 10.7. The lowest BCUT2D eigenvalue weighted by molar-refractivity contribution is -0.205. The molecule has 162 valence electrons. The van der Waals surface area contributed by atoms with Gasteiger partial charge < -0.3 is 24.1 Å². The number of aliphatic hydroxyl groups is 1. The largest absolute Gasteiger partial charge is 0.451 e. The Labute approximate surface area is 176 Å². The molecule has 0 bridgehead atoms. The standard InChI is InChI=1S/C23H29FN2O4/c1-22(28)15-29-23(14-20(22)25(2)3)10-12-26(13-11-23)21(27)19-9-8-18(30-19)16-4-6-17(24)7-5-16/h4-9,20,28H,10-15H2,1-3H3/t20-,22-/m0/s1. The molecule has 1 aromatic heterocycles. The number of hydrogen-bond donors (Lipinski definition) is 1. The van der Waals surface area contributed by atoms with Gasteiger partial charge in [0.15, 0.2) is 5.76 Å². The second-order valence-electron chi connectivity index (χ2n) is 8.98. The van der Waals surface area contributed by atoms with Crippen LogP contribution < -0.4 is 0 Å². The fourth-order valence-electron chi connectivity index (χ4n) is 4.61. The Kier molecular flexibility index (Phi) is 5.46. The predicted molar refractivity (Wildman–Crippen MR) is 111 cm³/mol. The highest BCUT2D eigenvalue weighted by Gasteiger charge is 2.49. The summed E-state index contributed by atoms with van der Waals surface area (Å²) in [6.07, 6.45) is 2.19. The van der Waals surface area contributed by atoms with Crippen molar-refractivity contribution in [2.45, 2.75) is 43.4 Å². The number of ether oxygens (including phenoxy) is 1. The van der Waals surface area contributed by atoms with Gasteiger partial charge in [0, 0.05) is 24.7 Å². The highest BCUT2D eigenvalue weighted by molar-refractivity contribution is 5.92. The average Bonchev–Trinajstić information content (AvgIpc) is 3.21.